The first kappa shape index (κ1) is 19.1. The Kier molecular flexibility index (Phi) is 4.61. The van der Waals surface area contributed by atoms with Crippen molar-refractivity contribution in [1.29, 1.82) is 0 Å². The number of nitrogens with one attached hydrogen (secondary N) is 1. The van der Waals surface area contributed by atoms with Gasteiger partial charge in [-0.3, -0.25) is 14.4 Å². The maximum atomic E-state index is 12.8. The summed E-state index contributed by atoms with van der Waals surface area (Å²) >= 11 is 0. The Balaban J connectivity index is 1.88. The molecular weight excluding hydrogens is 363 g/mol. The number of Topliss-reactive ketones (excluding diaryl/α,β-unsaturated/α-hetero) is 1. The number of hydrogen-bond donors (Lipinski definition) is 1. The van der Waals surface area contributed by atoms with Gasteiger partial charge in [0.1, 0.15) is 5.76 Å². The Morgan fingerprint density at radius 2 is 1.93 bits per heavy atom. The molecule has 1 aliphatic heterocycles. The second kappa shape index (κ2) is 6.51. The lowest BCUT2D eigenvalue weighted by Crippen LogP contribution is -2.39. The van der Waals surface area contributed by atoms with E-state index in [2.05, 4.69) is 5.32 Å². The molecule has 0 saturated carbocycles. The van der Waals surface area contributed by atoms with Crippen molar-refractivity contribution in [2.24, 2.45) is 11.3 Å². The van der Waals surface area contributed by atoms with E-state index in [1.807, 2.05) is 13.8 Å². The largest absolute Gasteiger partial charge is 0.431 e. The number of alkyl halides is 3. The monoisotopic (exact) mass is 381 g/mol. The first-order valence-electron chi connectivity index (χ1n) is 8.41. The average Bonchev–Trinajstić information content (AvgIpc) is 2.51. The smallest absolute Gasteiger partial charge is 0.416 e. The molecule has 2 aliphatic rings. The van der Waals surface area contributed by atoms with Crippen LogP contribution in [0, 0.1) is 11.3 Å². The summed E-state index contributed by atoms with van der Waals surface area (Å²) in [6.45, 7) is 3.71. The van der Waals surface area contributed by atoms with Crippen LogP contribution in [0.25, 0.3) is 0 Å². The molecule has 0 aromatic heterocycles. The Hall–Kier alpha value is -2.64. The van der Waals surface area contributed by atoms with Crippen LogP contribution in [0.5, 0.6) is 0 Å². The highest BCUT2D eigenvalue weighted by atomic mass is 19.4. The van der Waals surface area contributed by atoms with Crippen LogP contribution in [-0.2, 0) is 25.3 Å². The Morgan fingerprint density at radius 1 is 1.22 bits per heavy atom. The molecule has 1 aliphatic carbocycles. The van der Waals surface area contributed by atoms with Crippen molar-refractivity contribution in [3.63, 3.8) is 0 Å². The van der Waals surface area contributed by atoms with Gasteiger partial charge >= 0.3 is 12.1 Å². The number of hydrogen-bond acceptors (Lipinski definition) is 4. The molecule has 27 heavy (non-hydrogen) atoms. The molecule has 0 spiro atoms. The van der Waals surface area contributed by atoms with E-state index in [0.717, 1.165) is 12.1 Å². The quantitative estimate of drug-likeness (QED) is 0.790. The van der Waals surface area contributed by atoms with Gasteiger partial charge in [0.2, 0.25) is 5.91 Å². The third-order valence-corrected chi connectivity index (χ3v) is 4.61. The Morgan fingerprint density at radius 3 is 2.59 bits per heavy atom. The molecule has 5 nitrogen and oxygen atoms in total. The van der Waals surface area contributed by atoms with E-state index in [-0.39, 0.29) is 35.6 Å². The highest BCUT2D eigenvalue weighted by Gasteiger charge is 2.44. The van der Waals surface area contributed by atoms with Crippen LogP contribution in [0.4, 0.5) is 18.9 Å². The summed E-state index contributed by atoms with van der Waals surface area (Å²) in [4.78, 5) is 37.1. The van der Waals surface area contributed by atoms with Crippen LogP contribution in [0.2, 0.25) is 0 Å². The average molecular weight is 381 g/mol. The number of esters is 1. The van der Waals surface area contributed by atoms with E-state index in [0.29, 0.717) is 6.42 Å². The number of ketones is 1. The predicted molar refractivity (Wildman–Crippen MR) is 89.3 cm³/mol. The number of rotatable bonds is 2. The fourth-order valence-electron chi connectivity index (χ4n) is 3.43. The van der Waals surface area contributed by atoms with Gasteiger partial charge < -0.3 is 10.1 Å². The summed E-state index contributed by atoms with van der Waals surface area (Å²) in [5, 5.41) is 2.39. The predicted octanol–water partition coefficient (Wildman–Crippen LogP) is 3.85. The molecule has 0 fully saturated rings. The molecule has 0 unspecified atom stereocenters. The minimum absolute atomic E-state index is 0.0560. The van der Waals surface area contributed by atoms with Gasteiger partial charge in [0.25, 0.3) is 0 Å². The van der Waals surface area contributed by atoms with Crippen molar-refractivity contribution >= 4 is 23.3 Å². The lowest BCUT2D eigenvalue weighted by atomic mass is 9.72. The molecule has 1 heterocycles. The normalized spacial score (nSPS) is 22.2. The zero-order chi connectivity index (χ0) is 20.0. The zero-order valence-corrected chi connectivity index (χ0v) is 14.8. The third-order valence-electron chi connectivity index (χ3n) is 4.61. The highest BCUT2D eigenvalue weighted by molar-refractivity contribution is 6.08. The van der Waals surface area contributed by atoms with Gasteiger partial charge in [-0.1, -0.05) is 19.9 Å². The lowest BCUT2D eigenvalue weighted by molar-refractivity contribution is -0.146. The molecule has 1 N–H and O–H groups in total. The van der Waals surface area contributed by atoms with Crippen LogP contribution in [-0.4, -0.2) is 17.7 Å². The molecule has 144 valence electrons. The number of halogens is 3. The minimum Gasteiger partial charge on any atom is -0.431 e. The fraction of sp³-hybridized carbons (Fsp3) is 0.421. The maximum Gasteiger partial charge on any atom is 0.416 e. The van der Waals surface area contributed by atoms with Crippen molar-refractivity contribution in [1.82, 2.24) is 0 Å². The first-order valence-corrected chi connectivity index (χ1v) is 8.41. The van der Waals surface area contributed by atoms with Crippen molar-refractivity contribution in [2.45, 2.75) is 39.3 Å². The Labute approximate surface area is 153 Å². The van der Waals surface area contributed by atoms with Crippen molar-refractivity contribution in [2.75, 3.05) is 5.32 Å². The molecule has 3 rings (SSSR count). The fourth-order valence-corrected chi connectivity index (χ4v) is 3.43. The van der Waals surface area contributed by atoms with Crippen LogP contribution in [0.15, 0.2) is 35.6 Å². The summed E-state index contributed by atoms with van der Waals surface area (Å²) in [7, 11) is 0. The van der Waals surface area contributed by atoms with Crippen molar-refractivity contribution < 1.29 is 32.3 Å². The highest BCUT2D eigenvalue weighted by Crippen LogP contribution is 2.43. The maximum absolute atomic E-state index is 12.8. The molecule has 1 amide bonds. The summed E-state index contributed by atoms with van der Waals surface area (Å²) in [5.74, 6) is -2.50. The summed E-state index contributed by atoms with van der Waals surface area (Å²) in [6.07, 6.45) is -4.32. The SMILES string of the molecule is CC1(C)CC(=O)C2=C(C1)OC(=O)C[C@@H]2C(=O)Nc1cccc(C(F)(F)F)c1. The van der Waals surface area contributed by atoms with Gasteiger partial charge in [0.05, 0.1) is 17.9 Å². The zero-order valence-electron chi connectivity index (χ0n) is 14.8. The number of carbonyl (C=O) groups is 3. The van der Waals surface area contributed by atoms with Gasteiger partial charge in [-0.2, -0.15) is 13.2 Å². The van der Waals surface area contributed by atoms with E-state index in [9.17, 15) is 27.6 Å². The molecular formula is C19H18F3NO4. The van der Waals surface area contributed by atoms with E-state index >= 15 is 0 Å². The molecule has 1 atom stereocenters. The van der Waals surface area contributed by atoms with Crippen LogP contribution in [0.1, 0.15) is 38.7 Å². The van der Waals surface area contributed by atoms with Crippen molar-refractivity contribution in [3.05, 3.63) is 41.2 Å². The number of allylic oxidation sites excluding steroid dienone is 1. The minimum atomic E-state index is -4.55. The molecule has 1 aromatic carbocycles. The van der Waals surface area contributed by atoms with Gasteiger partial charge in [-0.15, -0.1) is 0 Å². The molecule has 0 bridgehead atoms. The van der Waals surface area contributed by atoms with Crippen molar-refractivity contribution in [3.8, 4) is 0 Å². The topological polar surface area (TPSA) is 72.5 Å². The van der Waals surface area contributed by atoms with E-state index in [4.69, 9.17) is 4.74 Å². The molecule has 0 radical (unpaired) electrons. The van der Waals surface area contributed by atoms with Gasteiger partial charge in [-0.05, 0) is 23.6 Å². The Bertz CT molecular complexity index is 855. The molecule has 1 aromatic rings. The number of ether oxygens (including phenoxy) is 1. The van der Waals surface area contributed by atoms with Gasteiger partial charge in [0, 0.05) is 24.1 Å². The van der Waals surface area contributed by atoms with E-state index in [1.165, 1.54) is 12.1 Å². The lowest BCUT2D eigenvalue weighted by Gasteiger charge is -2.36. The summed E-state index contributed by atoms with van der Waals surface area (Å²) < 4.78 is 43.7. The summed E-state index contributed by atoms with van der Waals surface area (Å²) in [6, 6.07) is 4.18. The second-order valence-corrected chi connectivity index (χ2v) is 7.58. The van der Waals surface area contributed by atoms with Gasteiger partial charge in [0.15, 0.2) is 5.78 Å². The van der Waals surface area contributed by atoms with E-state index in [1.54, 1.807) is 0 Å². The number of benzene rings is 1. The number of amides is 1. The third kappa shape index (κ3) is 4.04. The number of carbonyl (C=O) groups excluding carboxylic acids is 3. The van der Waals surface area contributed by atoms with E-state index < -0.39 is 34.9 Å². The second-order valence-electron chi connectivity index (χ2n) is 7.58. The van der Waals surface area contributed by atoms with Crippen LogP contribution >= 0.6 is 0 Å². The van der Waals surface area contributed by atoms with Crippen LogP contribution in [0.3, 0.4) is 0 Å². The van der Waals surface area contributed by atoms with Gasteiger partial charge in [-0.25, -0.2) is 0 Å². The first-order chi connectivity index (χ1) is 12.5. The van der Waals surface area contributed by atoms with Crippen LogP contribution < -0.4 is 5.32 Å². The standard InChI is InChI=1S/C19H18F3NO4/c1-18(2)8-13(24)16-12(7-15(25)27-14(16)9-18)17(26)23-11-5-3-4-10(6-11)19(20,21)22/h3-6,12H,7-9H2,1-2H3,(H,23,26)/t12-/m0/s1. The number of anilines is 1. The molecule has 0 saturated heterocycles. The molecule has 8 heteroatoms. The summed E-state index contributed by atoms with van der Waals surface area (Å²) in [5.41, 5.74) is -1.20.